The van der Waals surface area contributed by atoms with Gasteiger partial charge in [-0.1, -0.05) is 19.4 Å². The van der Waals surface area contributed by atoms with Gasteiger partial charge in [-0.25, -0.2) is 4.39 Å². The molecule has 110 valence electrons. The summed E-state index contributed by atoms with van der Waals surface area (Å²) < 4.78 is 14.5. The van der Waals surface area contributed by atoms with Crippen LogP contribution in [0.15, 0.2) is 17.7 Å². The van der Waals surface area contributed by atoms with Crippen molar-refractivity contribution >= 4 is 17.0 Å². The van der Waals surface area contributed by atoms with Gasteiger partial charge in [-0.05, 0) is 60.4 Å². The standard InChI is InChI=1S/C18H20FNO/c1-3-11-6-10-7-18(11)8-13-12(4-5-14(20)16(13)19)15(18)9(2)17(10)21/h4-5,10-11H,3,6-8,20H2,1-2H3. The molecule has 1 aromatic carbocycles. The number of ketones is 1. The van der Waals surface area contributed by atoms with E-state index < -0.39 is 0 Å². The lowest BCUT2D eigenvalue weighted by molar-refractivity contribution is -0.119. The van der Waals surface area contributed by atoms with Gasteiger partial charge >= 0.3 is 0 Å². The first-order chi connectivity index (χ1) is 9.99. The molecular formula is C18H20FNO. The summed E-state index contributed by atoms with van der Waals surface area (Å²) in [5.74, 6) is 0.629. The van der Waals surface area contributed by atoms with Crippen molar-refractivity contribution in [1.29, 1.82) is 0 Å². The van der Waals surface area contributed by atoms with Gasteiger partial charge < -0.3 is 5.73 Å². The van der Waals surface area contributed by atoms with Crippen LogP contribution >= 0.6 is 0 Å². The second-order valence-electron chi connectivity index (χ2n) is 6.93. The predicted octanol–water partition coefficient (Wildman–Crippen LogP) is 3.74. The molecule has 2 bridgehead atoms. The van der Waals surface area contributed by atoms with Crippen molar-refractivity contribution < 1.29 is 9.18 Å². The van der Waals surface area contributed by atoms with Crippen LogP contribution in [0.2, 0.25) is 0 Å². The summed E-state index contributed by atoms with van der Waals surface area (Å²) in [5, 5.41) is 0. The first kappa shape index (κ1) is 13.1. The highest BCUT2D eigenvalue weighted by Crippen LogP contribution is 2.65. The fraction of sp³-hybridized carbons (Fsp3) is 0.500. The number of rotatable bonds is 1. The molecule has 3 atom stereocenters. The van der Waals surface area contributed by atoms with E-state index in [1.165, 1.54) is 0 Å². The largest absolute Gasteiger partial charge is 0.396 e. The van der Waals surface area contributed by atoms with Crippen LogP contribution in [0.5, 0.6) is 0 Å². The first-order valence-electron chi connectivity index (χ1n) is 7.82. The van der Waals surface area contributed by atoms with Crippen LogP contribution in [0.4, 0.5) is 10.1 Å². The van der Waals surface area contributed by atoms with E-state index in [1.807, 2.05) is 13.0 Å². The number of allylic oxidation sites excluding steroid dienone is 2. The average Bonchev–Trinajstić information content (AvgIpc) is 2.98. The first-order valence-corrected chi connectivity index (χ1v) is 7.82. The quantitative estimate of drug-likeness (QED) is 0.799. The number of halogens is 1. The highest BCUT2D eigenvalue weighted by Gasteiger charge is 2.58. The molecule has 1 fully saturated rings. The third kappa shape index (κ3) is 1.39. The van der Waals surface area contributed by atoms with E-state index in [2.05, 4.69) is 6.92 Å². The van der Waals surface area contributed by atoms with Crippen molar-refractivity contribution in [2.45, 2.75) is 39.5 Å². The van der Waals surface area contributed by atoms with E-state index in [0.29, 0.717) is 12.3 Å². The highest BCUT2D eigenvalue weighted by atomic mass is 19.1. The third-order valence-corrected chi connectivity index (χ3v) is 6.10. The van der Waals surface area contributed by atoms with Crippen molar-refractivity contribution in [2.75, 3.05) is 5.73 Å². The predicted molar refractivity (Wildman–Crippen MR) is 81.1 cm³/mol. The molecular weight excluding hydrogens is 265 g/mol. The van der Waals surface area contributed by atoms with E-state index in [1.54, 1.807) is 6.07 Å². The van der Waals surface area contributed by atoms with E-state index in [0.717, 1.165) is 41.5 Å². The molecule has 4 rings (SSSR count). The molecule has 0 amide bonds. The Morgan fingerprint density at radius 2 is 2.19 bits per heavy atom. The minimum Gasteiger partial charge on any atom is -0.396 e. The lowest BCUT2D eigenvalue weighted by Crippen LogP contribution is -2.30. The number of fused-ring (bicyclic) bond motifs is 3. The molecule has 21 heavy (non-hydrogen) atoms. The highest BCUT2D eigenvalue weighted by molar-refractivity contribution is 6.08. The fourth-order valence-corrected chi connectivity index (χ4v) is 5.26. The molecule has 3 heteroatoms. The SMILES string of the molecule is CCC1CC2CC13Cc1c(ccc(N)c1F)C3=C(C)C2=O. The topological polar surface area (TPSA) is 43.1 Å². The second-order valence-corrected chi connectivity index (χ2v) is 6.93. The molecule has 1 saturated carbocycles. The zero-order valence-corrected chi connectivity index (χ0v) is 12.5. The fourth-order valence-electron chi connectivity index (χ4n) is 5.26. The van der Waals surface area contributed by atoms with E-state index in [-0.39, 0.29) is 28.6 Å². The summed E-state index contributed by atoms with van der Waals surface area (Å²) in [7, 11) is 0. The van der Waals surface area contributed by atoms with Crippen LogP contribution in [-0.2, 0) is 11.2 Å². The van der Waals surface area contributed by atoms with Gasteiger partial charge in [-0.3, -0.25) is 4.79 Å². The van der Waals surface area contributed by atoms with Gasteiger partial charge in [0.05, 0.1) is 5.69 Å². The molecule has 2 nitrogen and oxygen atoms in total. The number of anilines is 1. The molecule has 0 heterocycles. The number of nitrogen functional groups attached to an aromatic ring is 1. The van der Waals surface area contributed by atoms with Gasteiger partial charge in [-0.15, -0.1) is 0 Å². The molecule has 0 aliphatic heterocycles. The summed E-state index contributed by atoms with van der Waals surface area (Å²) in [6.07, 6.45) is 3.62. The summed E-state index contributed by atoms with van der Waals surface area (Å²) >= 11 is 0. The van der Waals surface area contributed by atoms with Crippen LogP contribution < -0.4 is 5.73 Å². The van der Waals surface area contributed by atoms with Crippen LogP contribution in [0.3, 0.4) is 0 Å². The van der Waals surface area contributed by atoms with Gasteiger partial charge in [0.15, 0.2) is 5.78 Å². The van der Waals surface area contributed by atoms with E-state index in [4.69, 9.17) is 5.73 Å². The summed E-state index contributed by atoms with van der Waals surface area (Å²) in [6, 6.07) is 3.56. The molecule has 2 N–H and O–H groups in total. The number of Topliss-reactive ketones (excluding diaryl/α,β-unsaturated/α-hetero) is 1. The molecule has 0 radical (unpaired) electrons. The van der Waals surface area contributed by atoms with E-state index in [9.17, 15) is 9.18 Å². The monoisotopic (exact) mass is 285 g/mol. The molecule has 0 aromatic heterocycles. The normalized spacial score (nSPS) is 33.4. The van der Waals surface area contributed by atoms with Crippen molar-refractivity contribution in [3.8, 4) is 0 Å². The van der Waals surface area contributed by atoms with Crippen LogP contribution in [-0.4, -0.2) is 5.78 Å². The van der Waals surface area contributed by atoms with Gasteiger partial charge in [0, 0.05) is 11.3 Å². The minimum atomic E-state index is -0.276. The van der Waals surface area contributed by atoms with Crippen molar-refractivity contribution in [3.05, 3.63) is 34.6 Å². The number of hydrogen-bond acceptors (Lipinski definition) is 2. The Labute approximate surface area is 124 Å². The molecule has 3 aliphatic rings. The molecule has 0 saturated heterocycles. The zero-order chi connectivity index (χ0) is 14.9. The Hall–Kier alpha value is -1.64. The van der Waals surface area contributed by atoms with Crippen LogP contribution in [0.1, 0.15) is 44.2 Å². The molecule has 3 unspecified atom stereocenters. The van der Waals surface area contributed by atoms with Crippen molar-refractivity contribution in [1.82, 2.24) is 0 Å². The van der Waals surface area contributed by atoms with Crippen LogP contribution in [0.25, 0.3) is 5.57 Å². The molecule has 1 aromatic rings. The average molecular weight is 285 g/mol. The maximum absolute atomic E-state index is 14.5. The Kier molecular flexibility index (Phi) is 2.46. The summed E-state index contributed by atoms with van der Waals surface area (Å²) in [4.78, 5) is 12.6. The van der Waals surface area contributed by atoms with Gasteiger partial charge in [0.2, 0.25) is 0 Å². The Bertz CT molecular complexity index is 705. The lowest BCUT2D eigenvalue weighted by Gasteiger charge is -2.35. The smallest absolute Gasteiger partial charge is 0.162 e. The minimum absolute atomic E-state index is 0.0195. The maximum Gasteiger partial charge on any atom is 0.162 e. The van der Waals surface area contributed by atoms with Gasteiger partial charge in [-0.2, -0.15) is 0 Å². The molecule has 1 spiro atoms. The second kappa shape index (κ2) is 3.96. The van der Waals surface area contributed by atoms with Gasteiger partial charge in [0.1, 0.15) is 5.82 Å². The maximum atomic E-state index is 14.5. The number of nitrogens with two attached hydrogens (primary N) is 1. The zero-order valence-electron chi connectivity index (χ0n) is 12.5. The lowest BCUT2D eigenvalue weighted by atomic mass is 9.67. The van der Waals surface area contributed by atoms with Gasteiger partial charge in [0.25, 0.3) is 0 Å². The Balaban J connectivity index is 2.02. The molecule has 3 aliphatic carbocycles. The Morgan fingerprint density at radius 1 is 1.43 bits per heavy atom. The van der Waals surface area contributed by atoms with Crippen LogP contribution in [0, 0.1) is 23.1 Å². The number of carbonyl (C=O) groups excluding carboxylic acids is 1. The van der Waals surface area contributed by atoms with Crippen molar-refractivity contribution in [3.63, 3.8) is 0 Å². The summed E-state index contributed by atoms with van der Waals surface area (Å²) in [5.41, 5.74) is 9.61. The number of hydrogen-bond donors (Lipinski definition) is 1. The number of benzene rings is 1. The van der Waals surface area contributed by atoms with E-state index >= 15 is 0 Å². The summed E-state index contributed by atoms with van der Waals surface area (Å²) in [6.45, 7) is 4.12. The number of carbonyl (C=O) groups is 1. The Morgan fingerprint density at radius 3 is 2.90 bits per heavy atom. The third-order valence-electron chi connectivity index (χ3n) is 6.10. The van der Waals surface area contributed by atoms with Crippen molar-refractivity contribution in [2.24, 2.45) is 17.3 Å².